The Kier molecular flexibility index (Phi) is 4.12. The first-order valence-corrected chi connectivity index (χ1v) is 6.44. The minimum atomic E-state index is -0.584. The van der Waals surface area contributed by atoms with E-state index in [0.717, 1.165) is 17.2 Å². The van der Waals surface area contributed by atoms with Crippen molar-refractivity contribution in [2.75, 3.05) is 18.2 Å². The number of aryl methyl sites for hydroxylation is 1. The number of hydrogen-bond donors (Lipinski definition) is 2. The molecule has 5 heteroatoms. The molecule has 0 aliphatic carbocycles. The summed E-state index contributed by atoms with van der Waals surface area (Å²) in [6.45, 7) is 3.80. The van der Waals surface area contributed by atoms with Crippen molar-refractivity contribution in [3.05, 3.63) is 52.8 Å². The highest BCUT2D eigenvalue weighted by Crippen LogP contribution is 2.27. The lowest BCUT2D eigenvalue weighted by molar-refractivity contribution is 0.102. The maximum Gasteiger partial charge on any atom is 0.255 e. The maximum absolute atomic E-state index is 13.6. The maximum atomic E-state index is 13.6. The Labute approximate surface area is 122 Å². The number of carbonyl (C=O) groups is 1. The number of benzene rings is 2. The number of halogens is 1. The van der Waals surface area contributed by atoms with Crippen LogP contribution in [0.25, 0.3) is 0 Å². The third kappa shape index (κ3) is 2.97. The third-order valence-corrected chi connectivity index (χ3v) is 3.42. The minimum Gasteiger partial charge on any atom is -0.494 e. The van der Waals surface area contributed by atoms with Gasteiger partial charge in [0.25, 0.3) is 5.91 Å². The van der Waals surface area contributed by atoms with Gasteiger partial charge in [-0.05, 0) is 49.2 Å². The number of nitrogens with two attached hydrogens (primary N) is 1. The van der Waals surface area contributed by atoms with E-state index in [0.29, 0.717) is 11.4 Å². The molecule has 0 atom stereocenters. The van der Waals surface area contributed by atoms with Gasteiger partial charge in [0, 0.05) is 5.56 Å². The number of nitrogen functional groups attached to an aromatic ring is 1. The fourth-order valence-corrected chi connectivity index (χ4v) is 2.00. The largest absolute Gasteiger partial charge is 0.494 e. The Hall–Kier alpha value is -2.56. The van der Waals surface area contributed by atoms with E-state index >= 15 is 0 Å². The highest BCUT2D eigenvalue weighted by Gasteiger charge is 2.13. The molecule has 110 valence electrons. The second-order valence-corrected chi connectivity index (χ2v) is 4.78. The molecule has 0 aliphatic heterocycles. The van der Waals surface area contributed by atoms with Crippen LogP contribution < -0.4 is 15.8 Å². The Morgan fingerprint density at radius 1 is 1.24 bits per heavy atom. The first-order valence-electron chi connectivity index (χ1n) is 6.44. The van der Waals surface area contributed by atoms with Crippen LogP contribution in [0, 0.1) is 19.7 Å². The van der Waals surface area contributed by atoms with Gasteiger partial charge in [0.15, 0.2) is 11.6 Å². The van der Waals surface area contributed by atoms with Crippen molar-refractivity contribution in [2.24, 2.45) is 0 Å². The molecular formula is C16H17FN2O2. The summed E-state index contributed by atoms with van der Waals surface area (Å²) in [5, 5.41) is 2.73. The van der Waals surface area contributed by atoms with Crippen molar-refractivity contribution in [2.45, 2.75) is 13.8 Å². The fraction of sp³-hybridized carbons (Fsp3) is 0.188. The summed E-state index contributed by atoms with van der Waals surface area (Å²) in [5.41, 5.74) is 9.01. The lowest BCUT2D eigenvalue weighted by Gasteiger charge is -2.13. The quantitative estimate of drug-likeness (QED) is 0.852. The average molecular weight is 288 g/mol. The van der Waals surface area contributed by atoms with Crippen molar-refractivity contribution >= 4 is 17.3 Å². The molecule has 4 nitrogen and oxygen atoms in total. The van der Waals surface area contributed by atoms with Crippen molar-refractivity contribution in [1.82, 2.24) is 0 Å². The summed E-state index contributed by atoms with van der Waals surface area (Å²) in [4.78, 5) is 12.2. The van der Waals surface area contributed by atoms with Crippen LogP contribution in [0.3, 0.4) is 0 Å². The number of amides is 1. The number of nitrogens with one attached hydrogen (secondary N) is 1. The zero-order chi connectivity index (χ0) is 15.6. The van der Waals surface area contributed by atoms with Crippen LogP contribution in [-0.4, -0.2) is 13.0 Å². The first-order chi connectivity index (χ1) is 9.93. The number of carbonyl (C=O) groups excluding carboxylic acids is 1. The molecule has 21 heavy (non-hydrogen) atoms. The third-order valence-electron chi connectivity index (χ3n) is 3.42. The van der Waals surface area contributed by atoms with E-state index in [2.05, 4.69) is 5.32 Å². The molecule has 3 N–H and O–H groups in total. The van der Waals surface area contributed by atoms with E-state index < -0.39 is 11.7 Å². The summed E-state index contributed by atoms with van der Waals surface area (Å²) >= 11 is 0. The van der Waals surface area contributed by atoms with Gasteiger partial charge in [0.1, 0.15) is 0 Å². The van der Waals surface area contributed by atoms with Crippen molar-refractivity contribution in [3.63, 3.8) is 0 Å². The van der Waals surface area contributed by atoms with E-state index in [1.807, 2.05) is 19.9 Å². The molecule has 0 unspecified atom stereocenters. The van der Waals surface area contributed by atoms with Crippen LogP contribution in [0.4, 0.5) is 15.8 Å². The van der Waals surface area contributed by atoms with Gasteiger partial charge in [-0.25, -0.2) is 4.39 Å². The van der Waals surface area contributed by atoms with Gasteiger partial charge in [0.05, 0.1) is 18.5 Å². The Morgan fingerprint density at radius 2 is 1.95 bits per heavy atom. The molecule has 0 spiro atoms. The number of rotatable bonds is 3. The standard InChI is InChI=1S/C16H17FN2O2/c1-9-4-6-13(18)15(10(9)2)19-16(20)11-5-7-14(21-3)12(17)8-11/h4-8H,18H2,1-3H3,(H,19,20). The van der Waals surface area contributed by atoms with E-state index in [-0.39, 0.29) is 11.3 Å². The lowest BCUT2D eigenvalue weighted by Crippen LogP contribution is -2.15. The SMILES string of the molecule is COc1ccc(C(=O)Nc2c(N)ccc(C)c2C)cc1F. The molecule has 0 saturated heterocycles. The first kappa shape index (κ1) is 14.8. The lowest BCUT2D eigenvalue weighted by atomic mass is 10.1. The summed E-state index contributed by atoms with van der Waals surface area (Å²) in [7, 11) is 1.37. The van der Waals surface area contributed by atoms with Crippen molar-refractivity contribution < 1.29 is 13.9 Å². The van der Waals surface area contributed by atoms with Crippen LogP contribution in [0.15, 0.2) is 30.3 Å². The summed E-state index contributed by atoms with van der Waals surface area (Å²) in [6, 6.07) is 7.66. The van der Waals surface area contributed by atoms with Gasteiger partial charge < -0.3 is 15.8 Å². The molecule has 2 aromatic rings. The summed E-state index contributed by atoms with van der Waals surface area (Å²) in [6.07, 6.45) is 0. The second kappa shape index (κ2) is 5.83. The molecule has 0 heterocycles. The van der Waals surface area contributed by atoms with E-state index in [9.17, 15) is 9.18 Å². The van der Waals surface area contributed by atoms with Gasteiger partial charge in [-0.3, -0.25) is 4.79 Å². The molecule has 0 radical (unpaired) electrons. The van der Waals surface area contributed by atoms with Crippen LogP contribution >= 0.6 is 0 Å². The highest BCUT2D eigenvalue weighted by molar-refractivity contribution is 6.06. The zero-order valence-corrected chi connectivity index (χ0v) is 12.2. The Bertz CT molecular complexity index is 699. The molecule has 0 aliphatic rings. The predicted molar refractivity (Wildman–Crippen MR) is 81.2 cm³/mol. The molecule has 2 rings (SSSR count). The Morgan fingerprint density at radius 3 is 2.57 bits per heavy atom. The van der Waals surface area contributed by atoms with Gasteiger partial charge in [-0.2, -0.15) is 0 Å². The van der Waals surface area contributed by atoms with Crippen LogP contribution in [-0.2, 0) is 0 Å². The average Bonchev–Trinajstić information content (AvgIpc) is 2.47. The molecule has 0 bridgehead atoms. The molecule has 1 amide bonds. The van der Waals surface area contributed by atoms with Crippen LogP contribution in [0.1, 0.15) is 21.5 Å². The van der Waals surface area contributed by atoms with Gasteiger partial charge in [0.2, 0.25) is 0 Å². The molecular weight excluding hydrogens is 271 g/mol. The minimum absolute atomic E-state index is 0.0952. The van der Waals surface area contributed by atoms with Crippen LogP contribution in [0.2, 0.25) is 0 Å². The molecule has 0 aromatic heterocycles. The van der Waals surface area contributed by atoms with E-state index in [4.69, 9.17) is 10.5 Å². The highest BCUT2D eigenvalue weighted by atomic mass is 19.1. The smallest absolute Gasteiger partial charge is 0.255 e. The molecule has 0 saturated carbocycles. The van der Waals surface area contributed by atoms with Gasteiger partial charge >= 0.3 is 0 Å². The van der Waals surface area contributed by atoms with E-state index in [1.165, 1.54) is 19.2 Å². The topological polar surface area (TPSA) is 64.3 Å². The number of hydrogen-bond acceptors (Lipinski definition) is 3. The van der Waals surface area contributed by atoms with Gasteiger partial charge in [-0.1, -0.05) is 6.07 Å². The monoisotopic (exact) mass is 288 g/mol. The zero-order valence-electron chi connectivity index (χ0n) is 12.2. The molecule has 2 aromatic carbocycles. The number of ether oxygens (including phenoxy) is 1. The summed E-state index contributed by atoms with van der Waals surface area (Å²) < 4.78 is 18.5. The second-order valence-electron chi connectivity index (χ2n) is 4.78. The number of anilines is 2. The summed E-state index contributed by atoms with van der Waals surface area (Å²) in [5.74, 6) is -0.908. The van der Waals surface area contributed by atoms with Crippen molar-refractivity contribution in [1.29, 1.82) is 0 Å². The van der Waals surface area contributed by atoms with Crippen LogP contribution in [0.5, 0.6) is 5.75 Å². The van der Waals surface area contributed by atoms with Crippen molar-refractivity contribution in [3.8, 4) is 5.75 Å². The van der Waals surface area contributed by atoms with E-state index in [1.54, 1.807) is 6.07 Å². The van der Waals surface area contributed by atoms with Gasteiger partial charge in [-0.15, -0.1) is 0 Å². The normalized spacial score (nSPS) is 10.3. The Balaban J connectivity index is 2.30. The fourth-order valence-electron chi connectivity index (χ4n) is 2.00. The molecule has 0 fully saturated rings. The number of methoxy groups -OCH3 is 1. The predicted octanol–water partition coefficient (Wildman–Crippen LogP) is 3.29.